The van der Waals surface area contributed by atoms with Crippen molar-refractivity contribution in [3.05, 3.63) is 80.9 Å². The summed E-state index contributed by atoms with van der Waals surface area (Å²) in [5.41, 5.74) is 5.79. The van der Waals surface area contributed by atoms with Crippen LogP contribution < -0.4 is 16.2 Å². The topological polar surface area (TPSA) is 46.1 Å². The molecule has 3 aromatic rings. The molecule has 2 aromatic carbocycles. The maximum Gasteiger partial charge on any atom is 0.255 e. The second-order valence-corrected chi connectivity index (χ2v) is 9.68. The Bertz CT molecular complexity index is 1160. The van der Waals surface area contributed by atoms with Gasteiger partial charge in [0, 0.05) is 37.8 Å². The molecule has 33 heavy (non-hydrogen) atoms. The van der Waals surface area contributed by atoms with Gasteiger partial charge in [0.1, 0.15) is 5.82 Å². The summed E-state index contributed by atoms with van der Waals surface area (Å²) in [4.78, 5) is 13.5. The summed E-state index contributed by atoms with van der Waals surface area (Å²) in [6, 6.07) is 13.7. The van der Waals surface area contributed by atoms with Gasteiger partial charge in [-0.05, 0) is 84.5 Å². The Morgan fingerprint density at radius 2 is 1.67 bits per heavy atom. The van der Waals surface area contributed by atoms with E-state index in [-0.39, 0.29) is 11.4 Å². The first-order valence-electron chi connectivity index (χ1n) is 12.5. The summed E-state index contributed by atoms with van der Waals surface area (Å²) >= 11 is 0. The number of rotatable bonds is 8. The number of fused-ring (bicyclic) bond motifs is 2. The van der Waals surface area contributed by atoms with Crippen LogP contribution in [0.5, 0.6) is 0 Å². The molecule has 5 heteroatoms. The number of nitrogens with one attached hydrogen (secondary N) is 2. The fourth-order valence-electron chi connectivity index (χ4n) is 5.49. The number of aryl methyl sites for hydroxylation is 2. The summed E-state index contributed by atoms with van der Waals surface area (Å²) in [7, 11) is 0. The largest absolute Gasteiger partial charge is 0.312 e. The van der Waals surface area contributed by atoms with Gasteiger partial charge >= 0.3 is 0 Å². The average molecular weight is 448 g/mol. The fraction of sp³-hybridized carbons (Fsp3) is 0.464. The Labute approximate surface area is 195 Å². The Hall–Kier alpha value is -2.50. The third-order valence-electron chi connectivity index (χ3n) is 7.31. The smallest absolute Gasteiger partial charge is 0.255 e. The lowest BCUT2D eigenvalue weighted by molar-refractivity contribution is 0.368. The number of nitrogens with zero attached hydrogens (tertiary/aromatic N) is 1. The minimum atomic E-state index is -0.231. The van der Waals surface area contributed by atoms with E-state index in [2.05, 4.69) is 28.8 Å². The molecule has 174 valence electrons. The Morgan fingerprint density at radius 3 is 2.45 bits per heavy atom. The number of hydrogen-bond donors (Lipinski definition) is 2. The molecule has 0 saturated heterocycles. The van der Waals surface area contributed by atoms with E-state index in [1.807, 2.05) is 4.57 Å². The zero-order chi connectivity index (χ0) is 22.6. The quantitative estimate of drug-likeness (QED) is 0.519. The third-order valence-corrected chi connectivity index (χ3v) is 7.31. The molecule has 0 unspecified atom stereocenters. The summed E-state index contributed by atoms with van der Waals surface area (Å²) in [6.45, 7) is 2.62. The van der Waals surface area contributed by atoms with Crippen molar-refractivity contribution in [3.63, 3.8) is 0 Å². The Balaban J connectivity index is 1.37. The molecule has 2 N–H and O–H groups in total. The first kappa shape index (κ1) is 22.3. The molecule has 1 heterocycles. The predicted molar refractivity (Wildman–Crippen MR) is 132 cm³/mol. The molecule has 0 amide bonds. The SMILES string of the molecule is O=c1c(CNCc2ccc(F)cc2)cc2cc3c(cc2n1CCNC1CCCCC1)CCC3. The molecule has 2 aliphatic rings. The van der Waals surface area contributed by atoms with Crippen molar-refractivity contribution in [1.82, 2.24) is 15.2 Å². The van der Waals surface area contributed by atoms with Gasteiger partial charge < -0.3 is 15.2 Å². The van der Waals surface area contributed by atoms with Gasteiger partial charge in [-0.1, -0.05) is 31.4 Å². The molecule has 4 nitrogen and oxygen atoms in total. The molecule has 1 saturated carbocycles. The van der Waals surface area contributed by atoms with Crippen molar-refractivity contribution in [3.8, 4) is 0 Å². The van der Waals surface area contributed by atoms with Crippen molar-refractivity contribution in [2.45, 2.75) is 77.0 Å². The minimum Gasteiger partial charge on any atom is -0.312 e. The maximum atomic E-state index is 13.5. The molecule has 1 fully saturated rings. The van der Waals surface area contributed by atoms with Crippen molar-refractivity contribution in [1.29, 1.82) is 0 Å². The predicted octanol–water partition coefficient (Wildman–Crippen LogP) is 4.84. The molecule has 1 aromatic heterocycles. The van der Waals surface area contributed by atoms with Gasteiger partial charge in [0.05, 0.1) is 5.52 Å². The molecule has 0 spiro atoms. The van der Waals surface area contributed by atoms with Crippen LogP contribution in [0.15, 0.2) is 47.3 Å². The first-order valence-corrected chi connectivity index (χ1v) is 12.5. The van der Waals surface area contributed by atoms with Gasteiger partial charge in [-0.25, -0.2) is 4.39 Å². The van der Waals surface area contributed by atoms with E-state index in [0.717, 1.165) is 41.4 Å². The van der Waals surface area contributed by atoms with E-state index < -0.39 is 0 Å². The van der Waals surface area contributed by atoms with Crippen molar-refractivity contribution in [2.24, 2.45) is 0 Å². The monoisotopic (exact) mass is 447 g/mol. The molecule has 2 aliphatic carbocycles. The second kappa shape index (κ2) is 10.2. The van der Waals surface area contributed by atoms with Gasteiger partial charge in [-0.2, -0.15) is 0 Å². The normalized spacial score (nSPS) is 16.4. The van der Waals surface area contributed by atoms with E-state index >= 15 is 0 Å². The van der Waals surface area contributed by atoms with Crippen LogP contribution in [-0.2, 0) is 32.5 Å². The van der Waals surface area contributed by atoms with Crippen LogP contribution in [0.1, 0.15) is 60.8 Å². The average Bonchev–Trinajstić information content (AvgIpc) is 3.29. The van der Waals surface area contributed by atoms with Crippen molar-refractivity contribution >= 4 is 10.9 Å². The van der Waals surface area contributed by atoms with Crippen LogP contribution in [0.25, 0.3) is 10.9 Å². The van der Waals surface area contributed by atoms with Crippen LogP contribution in [0.3, 0.4) is 0 Å². The summed E-state index contributed by atoms with van der Waals surface area (Å²) in [5, 5.41) is 8.23. The number of aromatic nitrogens is 1. The van der Waals surface area contributed by atoms with E-state index in [1.165, 1.54) is 61.8 Å². The minimum absolute atomic E-state index is 0.0949. The molecule has 0 aliphatic heterocycles. The fourth-order valence-corrected chi connectivity index (χ4v) is 5.49. The van der Waals surface area contributed by atoms with Gasteiger partial charge in [-0.3, -0.25) is 4.79 Å². The van der Waals surface area contributed by atoms with Crippen LogP contribution in [0, 0.1) is 5.82 Å². The van der Waals surface area contributed by atoms with E-state index in [0.29, 0.717) is 25.7 Å². The van der Waals surface area contributed by atoms with E-state index in [4.69, 9.17) is 0 Å². The lowest BCUT2D eigenvalue weighted by atomic mass is 9.95. The molecule has 5 rings (SSSR count). The Kier molecular flexibility index (Phi) is 6.88. The highest BCUT2D eigenvalue weighted by Gasteiger charge is 2.17. The number of hydrogen-bond acceptors (Lipinski definition) is 3. The molecule has 0 radical (unpaired) electrons. The zero-order valence-electron chi connectivity index (χ0n) is 19.3. The van der Waals surface area contributed by atoms with Crippen molar-refractivity contribution in [2.75, 3.05) is 6.54 Å². The maximum absolute atomic E-state index is 13.5. The second-order valence-electron chi connectivity index (χ2n) is 9.68. The van der Waals surface area contributed by atoms with Crippen molar-refractivity contribution < 1.29 is 4.39 Å². The first-order chi connectivity index (χ1) is 16.2. The van der Waals surface area contributed by atoms with Gasteiger partial charge in [0.2, 0.25) is 0 Å². The van der Waals surface area contributed by atoms with Gasteiger partial charge in [0.15, 0.2) is 0 Å². The zero-order valence-corrected chi connectivity index (χ0v) is 19.3. The van der Waals surface area contributed by atoms with Crippen LogP contribution in [0.2, 0.25) is 0 Å². The number of halogens is 1. The summed E-state index contributed by atoms with van der Waals surface area (Å²) < 4.78 is 15.1. The van der Waals surface area contributed by atoms with Crippen LogP contribution in [0.4, 0.5) is 4.39 Å². The molecular formula is C28H34FN3O. The Morgan fingerprint density at radius 1 is 0.909 bits per heavy atom. The third kappa shape index (κ3) is 5.20. The number of benzene rings is 2. The lowest BCUT2D eigenvalue weighted by Gasteiger charge is -2.23. The van der Waals surface area contributed by atoms with Gasteiger partial charge in [0.25, 0.3) is 5.56 Å². The number of pyridine rings is 1. The summed E-state index contributed by atoms with van der Waals surface area (Å²) in [6.07, 6.45) is 9.90. The molecule has 0 atom stereocenters. The summed E-state index contributed by atoms with van der Waals surface area (Å²) in [5.74, 6) is -0.231. The highest BCUT2D eigenvalue weighted by atomic mass is 19.1. The molecule has 0 bridgehead atoms. The van der Waals surface area contributed by atoms with E-state index in [9.17, 15) is 9.18 Å². The highest BCUT2D eigenvalue weighted by molar-refractivity contribution is 5.82. The van der Waals surface area contributed by atoms with Gasteiger partial charge in [-0.15, -0.1) is 0 Å². The van der Waals surface area contributed by atoms with Crippen LogP contribution in [-0.4, -0.2) is 17.2 Å². The standard InChI is InChI=1S/C28H34FN3O/c29-25-11-9-20(10-12-25)18-30-19-24-16-23-15-21-5-4-6-22(21)17-27(23)32(28(24)33)14-13-31-26-7-2-1-3-8-26/h9-12,15-17,26,30-31H,1-8,13-14,18-19H2. The lowest BCUT2D eigenvalue weighted by Crippen LogP contribution is -2.36. The highest BCUT2D eigenvalue weighted by Crippen LogP contribution is 2.27. The molecular weight excluding hydrogens is 413 g/mol. The van der Waals surface area contributed by atoms with E-state index in [1.54, 1.807) is 12.1 Å². The van der Waals surface area contributed by atoms with Crippen LogP contribution >= 0.6 is 0 Å².